The first-order valence-electron chi connectivity index (χ1n) is 7.70. The summed E-state index contributed by atoms with van der Waals surface area (Å²) in [6.45, 7) is -0.00752. The van der Waals surface area contributed by atoms with Gasteiger partial charge in [-0.25, -0.2) is 9.78 Å². The van der Waals surface area contributed by atoms with E-state index in [2.05, 4.69) is 26.2 Å². The molecule has 1 amide bonds. The lowest BCUT2D eigenvalue weighted by atomic mass is 9.77. The maximum atomic E-state index is 12.4. The van der Waals surface area contributed by atoms with Crippen molar-refractivity contribution in [3.05, 3.63) is 63.2 Å². The van der Waals surface area contributed by atoms with Crippen molar-refractivity contribution in [3.8, 4) is 0 Å². The second-order valence-electron chi connectivity index (χ2n) is 5.82. The predicted octanol–water partition coefficient (Wildman–Crippen LogP) is 2.66. The third-order valence-electron chi connectivity index (χ3n) is 4.26. The zero-order chi connectivity index (χ0) is 16.2. The third kappa shape index (κ3) is 3.88. The van der Waals surface area contributed by atoms with Gasteiger partial charge < -0.3 is 5.32 Å². The van der Waals surface area contributed by atoms with Crippen LogP contribution >= 0.6 is 15.9 Å². The minimum absolute atomic E-state index is 0.00303. The number of nitrogens with zero attached hydrogens (tertiary/aromatic N) is 2. The van der Waals surface area contributed by atoms with Crippen molar-refractivity contribution < 1.29 is 4.79 Å². The Hall–Kier alpha value is -1.95. The van der Waals surface area contributed by atoms with Crippen LogP contribution < -0.4 is 11.0 Å². The first-order chi connectivity index (χ1) is 11.1. The number of rotatable bonds is 5. The SMILES string of the molecule is O=C(Cn1cccnc1=O)NC(c1ccc(Br)cc1)C1CCC1. The summed E-state index contributed by atoms with van der Waals surface area (Å²) in [6.07, 6.45) is 6.44. The zero-order valence-corrected chi connectivity index (χ0v) is 14.2. The largest absolute Gasteiger partial charge is 0.347 e. The number of hydrogen-bond donors (Lipinski definition) is 1. The summed E-state index contributed by atoms with van der Waals surface area (Å²) in [6, 6.07) is 9.68. The highest BCUT2D eigenvalue weighted by atomic mass is 79.9. The molecule has 0 spiro atoms. The van der Waals surface area contributed by atoms with E-state index in [9.17, 15) is 9.59 Å². The van der Waals surface area contributed by atoms with E-state index in [1.54, 1.807) is 12.3 Å². The average molecular weight is 376 g/mol. The number of amides is 1. The van der Waals surface area contributed by atoms with Gasteiger partial charge in [0.2, 0.25) is 5.91 Å². The fourth-order valence-corrected chi connectivity index (χ4v) is 3.06. The summed E-state index contributed by atoms with van der Waals surface area (Å²) in [4.78, 5) is 27.6. The van der Waals surface area contributed by atoms with Gasteiger partial charge in [-0.3, -0.25) is 9.36 Å². The van der Waals surface area contributed by atoms with Gasteiger partial charge in [0.05, 0.1) is 6.04 Å². The number of aromatic nitrogens is 2. The van der Waals surface area contributed by atoms with Crippen molar-refractivity contribution in [2.75, 3.05) is 0 Å². The molecule has 1 atom stereocenters. The molecule has 23 heavy (non-hydrogen) atoms. The first kappa shape index (κ1) is 15.9. The van der Waals surface area contributed by atoms with Gasteiger partial charge in [-0.1, -0.05) is 34.5 Å². The Morgan fingerprint density at radius 2 is 2.09 bits per heavy atom. The second-order valence-corrected chi connectivity index (χ2v) is 6.73. The van der Waals surface area contributed by atoms with Crippen LogP contribution in [0.25, 0.3) is 0 Å². The smallest absolute Gasteiger partial charge is 0.347 e. The number of hydrogen-bond acceptors (Lipinski definition) is 3. The minimum Gasteiger partial charge on any atom is -0.347 e. The molecule has 6 heteroatoms. The summed E-state index contributed by atoms with van der Waals surface area (Å²) in [5.74, 6) is 0.297. The van der Waals surface area contributed by atoms with Crippen molar-refractivity contribution in [2.24, 2.45) is 5.92 Å². The van der Waals surface area contributed by atoms with Gasteiger partial charge in [0.1, 0.15) is 6.54 Å². The lowest BCUT2D eigenvalue weighted by Gasteiger charge is -2.34. The quantitative estimate of drug-likeness (QED) is 0.873. The Bertz CT molecular complexity index is 738. The molecule has 1 aliphatic carbocycles. The molecular formula is C17H18BrN3O2. The maximum Gasteiger partial charge on any atom is 0.347 e. The van der Waals surface area contributed by atoms with E-state index in [0.717, 1.165) is 22.9 Å². The van der Waals surface area contributed by atoms with Crippen LogP contribution in [-0.2, 0) is 11.3 Å². The van der Waals surface area contributed by atoms with Crippen LogP contribution in [0, 0.1) is 5.92 Å². The Morgan fingerprint density at radius 3 is 2.70 bits per heavy atom. The summed E-state index contributed by atoms with van der Waals surface area (Å²) in [5, 5.41) is 3.09. The molecular weight excluding hydrogens is 358 g/mol. The van der Waals surface area contributed by atoms with Gasteiger partial charge in [-0.2, -0.15) is 0 Å². The number of halogens is 1. The van der Waals surface area contributed by atoms with Gasteiger partial charge in [0.15, 0.2) is 0 Å². The van der Waals surface area contributed by atoms with Crippen LogP contribution in [0.4, 0.5) is 0 Å². The lowest BCUT2D eigenvalue weighted by Crippen LogP contribution is -2.39. The molecule has 1 heterocycles. The van der Waals surface area contributed by atoms with Crippen LogP contribution in [0.5, 0.6) is 0 Å². The van der Waals surface area contributed by atoms with Crippen molar-refractivity contribution in [1.82, 2.24) is 14.9 Å². The molecule has 1 N–H and O–H groups in total. The van der Waals surface area contributed by atoms with Crippen molar-refractivity contribution in [1.29, 1.82) is 0 Å². The van der Waals surface area contributed by atoms with E-state index >= 15 is 0 Å². The number of benzene rings is 1. The molecule has 0 saturated heterocycles. The number of carbonyl (C=O) groups is 1. The highest BCUT2D eigenvalue weighted by Gasteiger charge is 2.29. The van der Waals surface area contributed by atoms with Gasteiger partial charge in [-0.15, -0.1) is 0 Å². The molecule has 0 radical (unpaired) electrons. The van der Waals surface area contributed by atoms with E-state index < -0.39 is 5.69 Å². The highest BCUT2D eigenvalue weighted by Crippen LogP contribution is 2.37. The molecule has 1 saturated carbocycles. The molecule has 2 aromatic rings. The fourth-order valence-electron chi connectivity index (χ4n) is 2.80. The molecule has 0 bridgehead atoms. The second kappa shape index (κ2) is 7.08. The molecule has 5 nitrogen and oxygen atoms in total. The normalized spacial score (nSPS) is 15.7. The summed E-state index contributed by atoms with van der Waals surface area (Å²) in [7, 11) is 0. The molecule has 1 fully saturated rings. The standard InChI is InChI=1S/C17H18BrN3O2/c18-14-7-5-13(6-8-14)16(12-3-1-4-12)20-15(22)11-21-10-2-9-19-17(21)23/h2,5-10,12,16H,1,3-4,11H2,(H,20,22). The summed E-state index contributed by atoms with van der Waals surface area (Å²) in [5.41, 5.74) is 0.691. The Morgan fingerprint density at radius 1 is 1.35 bits per heavy atom. The van der Waals surface area contributed by atoms with Crippen LogP contribution in [0.2, 0.25) is 0 Å². The number of nitrogens with one attached hydrogen (secondary N) is 1. The van der Waals surface area contributed by atoms with E-state index in [1.807, 2.05) is 24.3 Å². The molecule has 1 aromatic heterocycles. The molecule has 0 aliphatic heterocycles. The van der Waals surface area contributed by atoms with E-state index in [4.69, 9.17) is 0 Å². The van der Waals surface area contributed by atoms with Crippen molar-refractivity contribution in [2.45, 2.75) is 31.8 Å². The van der Waals surface area contributed by atoms with Crippen LogP contribution in [-0.4, -0.2) is 15.5 Å². The molecule has 120 valence electrons. The fraction of sp³-hybridized carbons (Fsp3) is 0.353. The molecule has 3 rings (SSSR count). The first-order valence-corrected chi connectivity index (χ1v) is 8.49. The van der Waals surface area contributed by atoms with Gasteiger partial charge in [-0.05, 0) is 42.5 Å². The monoisotopic (exact) mass is 375 g/mol. The van der Waals surface area contributed by atoms with Crippen LogP contribution in [0.3, 0.4) is 0 Å². The van der Waals surface area contributed by atoms with Crippen molar-refractivity contribution in [3.63, 3.8) is 0 Å². The van der Waals surface area contributed by atoms with Gasteiger partial charge in [0, 0.05) is 16.9 Å². The Kier molecular flexibility index (Phi) is 4.91. The van der Waals surface area contributed by atoms with Crippen LogP contribution in [0.1, 0.15) is 30.9 Å². The topological polar surface area (TPSA) is 64.0 Å². The lowest BCUT2D eigenvalue weighted by molar-refractivity contribution is -0.123. The van der Waals surface area contributed by atoms with E-state index in [1.165, 1.54) is 17.2 Å². The van der Waals surface area contributed by atoms with Gasteiger partial charge >= 0.3 is 5.69 Å². The maximum absolute atomic E-state index is 12.4. The molecule has 1 unspecified atom stereocenters. The number of carbonyl (C=O) groups excluding carboxylic acids is 1. The summed E-state index contributed by atoms with van der Waals surface area (Å²) >= 11 is 3.43. The minimum atomic E-state index is -0.411. The van der Waals surface area contributed by atoms with Gasteiger partial charge in [0.25, 0.3) is 0 Å². The zero-order valence-electron chi connectivity index (χ0n) is 12.6. The van der Waals surface area contributed by atoms with E-state index in [0.29, 0.717) is 5.92 Å². The third-order valence-corrected chi connectivity index (χ3v) is 4.79. The highest BCUT2D eigenvalue weighted by molar-refractivity contribution is 9.10. The Balaban J connectivity index is 1.73. The summed E-state index contributed by atoms with van der Waals surface area (Å²) < 4.78 is 2.33. The van der Waals surface area contributed by atoms with E-state index in [-0.39, 0.29) is 18.5 Å². The molecule has 1 aliphatic rings. The van der Waals surface area contributed by atoms with Crippen LogP contribution in [0.15, 0.2) is 52.0 Å². The van der Waals surface area contributed by atoms with Crippen molar-refractivity contribution >= 4 is 21.8 Å². The molecule has 1 aromatic carbocycles. The average Bonchev–Trinajstić information content (AvgIpc) is 2.48. The Labute approximate surface area is 142 Å². The predicted molar refractivity (Wildman–Crippen MR) is 90.9 cm³/mol.